The molecule has 0 radical (unpaired) electrons. The monoisotopic (exact) mass is 223 g/mol. The van der Waals surface area contributed by atoms with Crippen molar-refractivity contribution in [2.45, 2.75) is 13.0 Å². The van der Waals surface area contributed by atoms with Gasteiger partial charge in [0.25, 0.3) is 0 Å². The second kappa shape index (κ2) is 5.63. The average molecular weight is 223 g/mol. The minimum atomic E-state index is -0.614. The minimum absolute atomic E-state index is 0.109. The van der Waals surface area contributed by atoms with Gasteiger partial charge in [-0.25, -0.2) is 0 Å². The van der Waals surface area contributed by atoms with Crippen LogP contribution in [-0.2, 0) is 4.74 Å². The molecule has 0 aliphatic rings. The molecular formula is C12H17NO3. The Morgan fingerprint density at radius 1 is 1.44 bits per heavy atom. The van der Waals surface area contributed by atoms with E-state index in [1.807, 2.05) is 13.0 Å². The fourth-order valence-electron chi connectivity index (χ4n) is 1.49. The first-order chi connectivity index (χ1) is 7.60. The summed E-state index contributed by atoms with van der Waals surface area (Å²) in [6, 6.07) is 4.68. The lowest BCUT2D eigenvalue weighted by Gasteiger charge is -2.12. The van der Waals surface area contributed by atoms with Gasteiger partial charge in [0.05, 0.1) is 19.8 Å². The van der Waals surface area contributed by atoms with Gasteiger partial charge in [-0.05, 0) is 30.7 Å². The normalized spacial score (nSPS) is 12.2. The Kier molecular flexibility index (Phi) is 4.46. The van der Waals surface area contributed by atoms with Gasteiger partial charge < -0.3 is 15.2 Å². The molecule has 0 aliphatic heterocycles. The fraction of sp³-hybridized carbons (Fsp3) is 0.417. The third-order valence-electron chi connectivity index (χ3n) is 2.38. The van der Waals surface area contributed by atoms with Crippen LogP contribution >= 0.6 is 0 Å². The summed E-state index contributed by atoms with van der Waals surface area (Å²) in [7, 11) is 3.11. The van der Waals surface area contributed by atoms with Crippen molar-refractivity contribution in [3.05, 3.63) is 29.3 Å². The Balaban J connectivity index is 2.91. The Hall–Kier alpha value is -1.39. The van der Waals surface area contributed by atoms with Crippen molar-refractivity contribution < 1.29 is 14.3 Å². The number of nitrogens with two attached hydrogens (primary N) is 1. The lowest BCUT2D eigenvalue weighted by molar-refractivity contribution is 0.0891. The van der Waals surface area contributed by atoms with Gasteiger partial charge in [-0.15, -0.1) is 0 Å². The molecule has 0 heterocycles. The molecule has 4 heteroatoms. The van der Waals surface area contributed by atoms with Gasteiger partial charge in [0.1, 0.15) is 5.75 Å². The maximum absolute atomic E-state index is 11.9. The molecular weight excluding hydrogens is 206 g/mol. The molecule has 1 unspecified atom stereocenters. The molecule has 0 aromatic heterocycles. The molecule has 1 aromatic rings. The highest BCUT2D eigenvalue weighted by atomic mass is 16.5. The van der Waals surface area contributed by atoms with Gasteiger partial charge in [-0.3, -0.25) is 4.79 Å². The highest BCUT2D eigenvalue weighted by molar-refractivity contribution is 6.01. The SMILES string of the molecule is COCC(N)C(=O)c1ccc(OC)cc1C. The van der Waals surface area contributed by atoms with Crippen LogP contribution in [0.4, 0.5) is 0 Å². The number of ether oxygens (including phenoxy) is 2. The molecule has 0 fully saturated rings. The molecule has 2 N–H and O–H groups in total. The molecule has 0 bridgehead atoms. The Bertz CT molecular complexity index is 377. The van der Waals surface area contributed by atoms with Crippen molar-refractivity contribution >= 4 is 5.78 Å². The summed E-state index contributed by atoms with van der Waals surface area (Å²) in [6.07, 6.45) is 0. The topological polar surface area (TPSA) is 61.5 Å². The Morgan fingerprint density at radius 3 is 2.62 bits per heavy atom. The van der Waals surface area contributed by atoms with Crippen LogP contribution in [-0.4, -0.2) is 32.7 Å². The number of hydrogen-bond acceptors (Lipinski definition) is 4. The number of hydrogen-bond donors (Lipinski definition) is 1. The van der Waals surface area contributed by atoms with Crippen LogP contribution in [0.3, 0.4) is 0 Å². The van der Waals surface area contributed by atoms with E-state index in [0.717, 1.165) is 11.3 Å². The van der Waals surface area contributed by atoms with Crippen molar-refractivity contribution in [1.82, 2.24) is 0 Å². The number of aryl methyl sites for hydroxylation is 1. The molecule has 0 aliphatic carbocycles. The second-order valence-electron chi connectivity index (χ2n) is 3.61. The van der Waals surface area contributed by atoms with E-state index in [1.54, 1.807) is 19.2 Å². The first kappa shape index (κ1) is 12.7. The van der Waals surface area contributed by atoms with Crippen molar-refractivity contribution in [2.24, 2.45) is 5.73 Å². The first-order valence-electron chi connectivity index (χ1n) is 5.03. The zero-order valence-electron chi connectivity index (χ0n) is 9.82. The van der Waals surface area contributed by atoms with Crippen LogP contribution < -0.4 is 10.5 Å². The van der Waals surface area contributed by atoms with E-state index in [2.05, 4.69) is 0 Å². The van der Waals surface area contributed by atoms with Gasteiger partial charge in [0.15, 0.2) is 5.78 Å². The molecule has 1 atom stereocenters. The molecule has 0 saturated carbocycles. The van der Waals surface area contributed by atoms with Crippen LogP contribution in [0.15, 0.2) is 18.2 Å². The van der Waals surface area contributed by atoms with Crippen LogP contribution in [0, 0.1) is 6.92 Å². The number of carbonyl (C=O) groups is 1. The summed E-state index contributed by atoms with van der Waals surface area (Å²) >= 11 is 0. The lowest BCUT2D eigenvalue weighted by atomic mass is 10.00. The number of carbonyl (C=O) groups excluding carboxylic acids is 1. The van der Waals surface area contributed by atoms with E-state index in [1.165, 1.54) is 7.11 Å². The van der Waals surface area contributed by atoms with Crippen molar-refractivity contribution in [2.75, 3.05) is 20.8 Å². The van der Waals surface area contributed by atoms with Gasteiger partial charge in [0.2, 0.25) is 0 Å². The van der Waals surface area contributed by atoms with Crippen molar-refractivity contribution in [3.63, 3.8) is 0 Å². The average Bonchev–Trinajstić information content (AvgIpc) is 2.28. The summed E-state index contributed by atoms with van der Waals surface area (Å²) in [5.41, 5.74) is 7.17. The third kappa shape index (κ3) is 2.81. The standard InChI is InChI=1S/C12H17NO3/c1-8-6-9(16-3)4-5-10(8)12(14)11(13)7-15-2/h4-6,11H,7,13H2,1-3H3. The summed E-state index contributed by atoms with van der Waals surface area (Å²) < 4.78 is 9.93. The molecule has 88 valence electrons. The lowest BCUT2D eigenvalue weighted by Crippen LogP contribution is -2.35. The first-order valence-corrected chi connectivity index (χ1v) is 5.03. The highest BCUT2D eigenvalue weighted by Gasteiger charge is 2.17. The van der Waals surface area contributed by atoms with E-state index >= 15 is 0 Å². The van der Waals surface area contributed by atoms with Gasteiger partial charge in [0, 0.05) is 12.7 Å². The molecule has 1 rings (SSSR count). The minimum Gasteiger partial charge on any atom is -0.497 e. The number of methoxy groups -OCH3 is 2. The van der Waals surface area contributed by atoms with E-state index in [9.17, 15) is 4.79 Å². The zero-order chi connectivity index (χ0) is 12.1. The highest BCUT2D eigenvalue weighted by Crippen LogP contribution is 2.17. The maximum atomic E-state index is 11.9. The van der Waals surface area contributed by atoms with Gasteiger partial charge >= 0.3 is 0 Å². The van der Waals surface area contributed by atoms with Crippen LogP contribution in [0.1, 0.15) is 15.9 Å². The number of benzene rings is 1. The number of Topliss-reactive ketones (excluding diaryl/α,β-unsaturated/α-hetero) is 1. The Labute approximate surface area is 95.3 Å². The summed E-state index contributed by atoms with van der Waals surface area (Å²) in [6.45, 7) is 2.08. The van der Waals surface area contributed by atoms with E-state index in [4.69, 9.17) is 15.2 Å². The number of ketones is 1. The molecule has 1 aromatic carbocycles. The van der Waals surface area contributed by atoms with Crippen LogP contribution in [0.5, 0.6) is 5.75 Å². The smallest absolute Gasteiger partial charge is 0.182 e. The molecule has 0 amide bonds. The molecule has 4 nitrogen and oxygen atoms in total. The van der Waals surface area contributed by atoms with E-state index in [-0.39, 0.29) is 12.4 Å². The summed E-state index contributed by atoms with van der Waals surface area (Å²) in [5, 5.41) is 0. The second-order valence-corrected chi connectivity index (χ2v) is 3.61. The third-order valence-corrected chi connectivity index (χ3v) is 2.38. The predicted molar refractivity (Wildman–Crippen MR) is 61.9 cm³/mol. The fourth-order valence-corrected chi connectivity index (χ4v) is 1.49. The van der Waals surface area contributed by atoms with E-state index in [0.29, 0.717) is 5.56 Å². The predicted octanol–water partition coefficient (Wildman–Crippen LogP) is 1.16. The largest absolute Gasteiger partial charge is 0.497 e. The maximum Gasteiger partial charge on any atom is 0.182 e. The summed E-state index contributed by atoms with van der Waals surface area (Å²) in [4.78, 5) is 11.9. The summed E-state index contributed by atoms with van der Waals surface area (Å²) in [5.74, 6) is 0.622. The number of rotatable bonds is 5. The molecule has 0 saturated heterocycles. The molecule has 16 heavy (non-hydrogen) atoms. The van der Waals surface area contributed by atoms with Crippen molar-refractivity contribution in [1.29, 1.82) is 0 Å². The van der Waals surface area contributed by atoms with Crippen LogP contribution in [0.2, 0.25) is 0 Å². The van der Waals surface area contributed by atoms with Crippen LogP contribution in [0.25, 0.3) is 0 Å². The Morgan fingerprint density at radius 2 is 2.12 bits per heavy atom. The van der Waals surface area contributed by atoms with Gasteiger partial charge in [-0.2, -0.15) is 0 Å². The van der Waals surface area contributed by atoms with Crippen molar-refractivity contribution in [3.8, 4) is 5.75 Å². The zero-order valence-corrected chi connectivity index (χ0v) is 9.82. The van der Waals surface area contributed by atoms with Gasteiger partial charge in [-0.1, -0.05) is 0 Å². The molecule has 0 spiro atoms. The quantitative estimate of drug-likeness (QED) is 0.761. The van der Waals surface area contributed by atoms with E-state index < -0.39 is 6.04 Å².